The summed E-state index contributed by atoms with van der Waals surface area (Å²) in [7, 11) is 2.03. The molecule has 1 aromatic carbocycles. The van der Waals surface area contributed by atoms with Crippen molar-refractivity contribution in [2.75, 3.05) is 30.8 Å². The van der Waals surface area contributed by atoms with Crippen LogP contribution in [0.15, 0.2) is 36.4 Å². The lowest BCUT2D eigenvalue weighted by Gasteiger charge is -2.21. The fourth-order valence-electron chi connectivity index (χ4n) is 3.39. The van der Waals surface area contributed by atoms with Gasteiger partial charge in [-0.1, -0.05) is 30.3 Å². The van der Waals surface area contributed by atoms with E-state index in [4.69, 9.17) is 5.73 Å². The van der Waals surface area contributed by atoms with Crippen LogP contribution in [0.3, 0.4) is 0 Å². The van der Waals surface area contributed by atoms with E-state index in [0.29, 0.717) is 12.5 Å². The normalized spacial score (nSPS) is 13.9. The minimum atomic E-state index is 0.335. The first-order chi connectivity index (χ1) is 12.7. The number of rotatable bonds is 4. The molecule has 7 nitrogen and oxygen atoms in total. The number of benzene rings is 1. The van der Waals surface area contributed by atoms with E-state index in [-0.39, 0.29) is 0 Å². The zero-order chi connectivity index (χ0) is 17.9. The molecule has 0 saturated carbocycles. The lowest BCUT2D eigenvalue weighted by atomic mass is 10.1. The third-order valence-corrected chi connectivity index (χ3v) is 4.65. The van der Waals surface area contributed by atoms with Gasteiger partial charge in [0.25, 0.3) is 0 Å². The molecular weight excluding hydrogens is 326 g/mol. The van der Waals surface area contributed by atoms with Crippen molar-refractivity contribution in [3.8, 4) is 11.3 Å². The summed E-state index contributed by atoms with van der Waals surface area (Å²) in [6.45, 7) is 2.53. The second-order valence-corrected chi connectivity index (χ2v) is 6.58. The molecule has 0 aliphatic carbocycles. The first-order valence-corrected chi connectivity index (χ1v) is 8.87. The maximum atomic E-state index is 5.96. The van der Waals surface area contributed by atoms with E-state index in [1.54, 1.807) is 0 Å². The van der Waals surface area contributed by atoms with Crippen molar-refractivity contribution in [2.24, 2.45) is 0 Å². The number of nitrogens with one attached hydrogen (secondary N) is 2. The van der Waals surface area contributed by atoms with E-state index in [2.05, 4.69) is 48.6 Å². The Hall–Kier alpha value is -2.93. The van der Waals surface area contributed by atoms with Gasteiger partial charge >= 0.3 is 0 Å². The molecule has 0 bridgehead atoms. The number of anilines is 2. The summed E-state index contributed by atoms with van der Waals surface area (Å²) < 4.78 is 0. The van der Waals surface area contributed by atoms with Crippen LogP contribution in [0.25, 0.3) is 11.3 Å². The van der Waals surface area contributed by atoms with E-state index in [1.165, 1.54) is 5.56 Å². The fourth-order valence-corrected chi connectivity index (χ4v) is 3.39. The number of H-pyrrole nitrogens is 1. The Bertz CT molecular complexity index is 888. The van der Waals surface area contributed by atoms with Crippen LogP contribution in [0.2, 0.25) is 0 Å². The predicted molar refractivity (Wildman–Crippen MR) is 103 cm³/mol. The number of hydrogen-bond donors (Lipinski definition) is 3. The lowest BCUT2D eigenvalue weighted by Crippen LogP contribution is -2.22. The molecule has 26 heavy (non-hydrogen) atoms. The van der Waals surface area contributed by atoms with Gasteiger partial charge in [-0.05, 0) is 19.0 Å². The number of nitrogens with zero attached hydrogens (tertiary/aromatic N) is 4. The summed E-state index contributed by atoms with van der Waals surface area (Å²) in [6, 6.07) is 12.2. The van der Waals surface area contributed by atoms with Crippen LogP contribution in [0, 0.1) is 0 Å². The minimum Gasteiger partial charge on any atom is -0.368 e. The quantitative estimate of drug-likeness (QED) is 0.664. The first-order valence-electron chi connectivity index (χ1n) is 8.87. The maximum Gasteiger partial charge on any atom is 0.222 e. The largest absolute Gasteiger partial charge is 0.368 e. The van der Waals surface area contributed by atoms with Gasteiger partial charge in [0.1, 0.15) is 5.82 Å². The van der Waals surface area contributed by atoms with Crippen molar-refractivity contribution in [1.29, 1.82) is 0 Å². The van der Waals surface area contributed by atoms with Crippen molar-refractivity contribution >= 4 is 11.8 Å². The standard InChI is InChI=1S/C19H23N7/c1-26(12-14-11-17(25-24-14)13-5-3-2-4-6-13)18-15-7-9-21-10-8-16(15)22-19(20)23-18/h2-6,11,21H,7-10,12H2,1H3,(H,24,25)(H2,20,22,23). The van der Waals surface area contributed by atoms with Gasteiger partial charge < -0.3 is 16.0 Å². The third-order valence-electron chi connectivity index (χ3n) is 4.65. The molecule has 0 atom stereocenters. The molecule has 134 valence electrons. The predicted octanol–water partition coefficient (Wildman–Crippen LogP) is 1.77. The third kappa shape index (κ3) is 3.39. The molecule has 0 unspecified atom stereocenters. The highest BCUT2D eigenvalue weighted by Gasteiger charge is 2.19. The summed E-state index contributed by atoms with van der Waals surface area (Å²) in [6.07, 6.45) is 1.79. The molecule has 1 aliphatic rings. The van der Waals surface area contributed by atoms with Crippen LogP contribution >= 0.6 is 0 Å². The molecule has 0 saturated heterocycles. The minimum absolute atomic E-state index is 0.335. The molecular formula is C19H23N7. The van der Waals surface area contributed by atoms with Crippen LogP contribution in [0.5, 0.6) is 0 Å². The number of nitrogens with two attached hydrogens (primary N) is 1. The number of hydrogen-bond acceptors (Lipinski definition) is 6. The number of aromatic amines is 1. The summed E-state index contributed by atoms with van der Waals surface area (Å²) in [4.78, 5) is 11.1. The highest BCUT2D eigenvalue weighted by molar-refractivity contribution is 5.59. The van der Waals surface area contributed by atoms with Gasteiger partial charge in [-0.25, -0.2) is 4.98 Å². The highest BCUT2D eigenvalue weighted by Crippen LogP contribution is 2.25. The summed E-state index contributed by atoms with van der Waals surface area (Å²) >= 11 is 0. The van der Waals surface area contributed by atoms with Crippen LogP contribution < -0.4 is 16.0 Å². The highest BCUT2D eigenvalue weighted by atomic mass is 15.2. The van der Waals surface area contributed by atoms with Gasteiger partial charge in [0, 0.05) is 31.1 Å². The van der Waals surface area contributed by atoms with Crippen LogP contribution in [-0.2, 0) is 19.4 Å². The van der Waals surface area contributed by atoms with Gasteiger partial charge in [0.05, 0.1) is 23.6 Å². The molecule has 7 heteroatoms. The molecule has 3 aromatic rings. The van der Waals surface area contributed by atoms with Gasteiger partial charge in [0.15, 0.2) is 0 Å². The number of fused-ring (bicyclic) bond motifs is 1. The smallest absolute Gasteiger partial charge is 0.222 e. The Morgan fingerprint density at radius 2 is 1.92 bits per heavy atom. The van der Waals surface area contributed by atoms with Gasteiger partial charge in [-0.2, -0.15) is 10.1 Å². The Labute approximate surface area is 152 Å². The zero-order valence-corrected chi connectivity index (χ0v) is 14.9. The van der Waals surface area contributed by atoms with E-state index in [1.807, 2.05) is 25.2 Å². The molecule has 0 fully saturated rings. The van der Waals surface area contributed by atoms with Crippen molar-refractivity contribution in [2.45, 2.75) is 19.4 Å². The van der Waals surface area contributed by atoms with E-state index in [9.17, 15) is 0 Å². The second-order valence-electron chi connectivity index (χ2n) is 6.58. The lowest BCUT2D eigenvalue weighted by molar-refractivity contribution is 0.708. The first kappa shape index (κ1) is 16.5. The average Bonchev–Trinajstić information content (AvgIpc) is 2.99. The van der Waals surface area contributed by atoms with Crippen LogP contribution in [-0.4, -0.2) is 40.3 Å². The van der Waals surface area contributed by atoms with E-state index in [0.717, 1.165) is 54.4 Å². The summed E-state index contributed by atoms with van der Waals surface area (Å²) in [5, 5.41) is 11.0. The Kier molecular flexibility index (Phi) is 4.53. The number of nitrogen functional groups attached to an aromatic ring is 1. The average molecular weight is 349 g/mol. The van der Waals surface area contributed by atoms with Crippen LogP contribution in [0.4, 0.5) is 11.8 Å². The van der Waals surface area contributed by atoms with E-state index < -0.39 is 0 Å². The zero-order valence-electron chi connectivity index (χ0n) is 14.9. The number of aromatic nitrogens is 4. The second kappa shape index (κ2) is 7.13. The monoisotopic (exact) mass is 349 g/mol. The summed E-state index contributed by atoms with van der Waals surface area (Å²) in [5.41, 5.74) is 11.3. The topological polar surface area (TPSA) is 95.8 Å². The molecule has 4 N–H and O–H groups in total. The molecule has 4 rings (SSSR count). The van der Waals surface area contributed by atoms with Gasteiger partial charge in [-0.15, -0.1) is 0 Å². The van der Waals surface area contributed by atoms with Crippen molar-refractivity contribution in [3.63, 3.8) is 0 Å². The Morgan fingerprint density at radius 1 is 1.12 bits per heavy atom. The fraction of sp³-hybridized carbons (Fsp3) is 0.316. The van der Waals surface area contributed by atoms with Gasteiger partial charge in [0.2, 0.25) is 5.95 Å². The van der Waals surface area contributed by atoms with Crippen molar-refractivity contribution in [1.82, 2.24) is 25.5 Å². The maximum absolute atomic E-state index is 5.96. The Balaban J connectivity index is 1.58. The molecule has 0 radical (unpaired) electrons. The van der Waals surface area contributed by atoms with Crippen molar-refractivity contribution in [3.05, 3.63) is 53.3 Å². The SMILES string of the molecule is CN(Cc1cc(-c2ccccc2)n[nH]1)c1nc(N)nc2c1CCNCC2. The molecule has 0 amide bonds. The molecule has 3 heterocycles. The summed E-state index contributed by atoms with van der Waals surface area (Å²) in [5.74, 6) is 1.24. The van der Waals surface area contributed by atoms with Crippen LogP contribution in [0.1, 0.15) is 17.0 Å². The Morgan fingerprint density at radius 3 is 2.77 bits per heavy atom. The van der Waals surface area contributed by atoms with Crippen molar-refractivity contribution < 1.29 is 0 Å². The van der Waals surface area contributed by atoms with E-state index >= 15 is 0 Å². The molecule has 0 spiro atoms. The molecule has 1 aliphatic heterocycles. The molecule has 2 aromatic heterocycles. The van der Waals surface area contributed by atoms with Gasteiger partial charge in [-0.3, -0.25) is 5.10 Å².